The summed E-state index contributed by atoms with van der Waals surface area (Å²) in [6.07, 6.45) is 6.09. The summed E-state index contributed by atoms with van der Waals surface area (Å²) in [5, 5.41) is 3.29. The highest BCUT2D eigenvalue weighted by Crippen LogP contribution is 2.29. The molecule has 0 bridgehead atoms. The standard InChI is InChI=1S/C16H25N3O/c1-2-3-12-4-5-14-13(10-12)11-15(18-14)16(20)19-8-6-17-7-9-19/h11-12,17-18H,2-10H2,1H3. The van der Waals surface area contributed by atoms with Crippen LogP contribution in [0.2, 0.25) is 0 Å². The van der Waals surface area contributed by atoms with Gasteiger partial charge in [-0.2, -0.15) is 0 Å². The van der Waals surface area contributed by atoms with Crippen molar-refractivity contribution in [1.29, 1.82) is 0 Å². The van der Waals surface area contributed by atoms with E-state index in [1.807, 2.05) is 4.90 Å². The van der Waals surface area contributed by atoms with Crippen LogP contribution >= 0.6 is 0 Å². The van der Waals surface area contributed by atoms with Gasteiger partial charge in [-0.05, 0) is 36.8 Å². The van der Waals surface area contributed by atoms with E-state index in [-0.39, 0.29) is 5.91 Å². The van der Waals surface area contributed by atoms with Crippen molar-refractivity contribution < 1.29 is 4.79 Å². The maximum absolute atomic E-state index is 12.5. The van der Waals surface area contributed by atoms with E-state index in [1.165, 1.54) is 30.5 Å². The lowest BCUT2D eigenvalue weighted by atomic mass is 9.85. The second-order valence-electron chi connectivity index (χ2n) is 6.13. The van der Waals surface area contributed by atoms with E-state index in [2.05, 4.69) is 23.3 Å². The zero-order valence-corrected chi connectivity index (χ0v) is 12.4. The zero-order chi connectivity index (χ0) is 13.9. The predicted octanol–water partition coefficient (Wildman–Crippen LogP) is 1.97. The first-order valence-corrected chi connectivity index (χ1v) is 7.98. The summed E-state index contributed by atoms with van der Waals surface area (Å²) in [5.41, 5.74) is 3.48. The number of H-pyrrole nitrogens is 1. The van der Waals surface area contributed by atoms with Gasteiger partial charge in [-0.1, -0.05) is 19.8 Å². The molecule has 4 nitrogen and oxygen atoms in total. The van der Waals surface area contributed by atoms with Gasteiger partial charge in [-0.15, -0.1) is 0 Å². The van der Waals surface area contributed by atoms with Gasteiger partial charge in [0.05, 0.1) is 0 Å². The molecule has 2 aliphatic rings. The largest absolute Gasteiger partial charge is 0.354 e. The maximum Gasteiger partial charge on any atom is 0.270 e. The van der Waals surface area contributed by atoms with Crippen molar-refractivity contribution in [2.75, 3.05) is 26.2 Å². The van der Waals surface area contributed by atoms with E-state index in [4.69, 9.17) is 0 Å². The van der Waals surface area contributed by atoms with Crippen molar-refractivity contribution in [3.05, 3.63) is 23.0 Å². The van der Waals surface area contributed by atoms with E-state index >= 15 is 0 Å². The Kier molecular flexibility index (Phi) is 4.10. The molecule has 20 heavy (non-hydrogen) atoms. The molecule has 1 amide bonds. The Morgan fingerprint density at radius 3 is 2.95 bits per heavy atom. The summed E-state index contributed by atoms with van der Waals surface area (Å²) < 4.78 is 0. The third-order valence-electron chi connectivity index (χ3n) is 4.63. The summed E-state index contributed by atoms with van der Waals surface area (Å²) in [6.45, 7) is 5.71. The fraction of sp³-hybridized carbons (Fsp3) is 0.688. The molecule has 3 rings (SSSR count). The molecule has 1 aromatic heterocycles. The molecule has 1 unspecified atom stereocenters. The minimum Gasteiger partial charge on any atom is -0.354 e. The number of rotatable bonds is 3. The molecule has 1 saturated heterocycles. The highest BCUT2D eigenvalue weighted by atomic mass is 16.2. The number of nitrogens with zero attached hydrogens (tertiary/aromatic N) is 1. The predicted molar refractivity (Wildman–Crippen MR) is 80.0 cm³/mol. The highest BCUT2D eigenvalue weighted by Gasteiger charge is 2.24. The minimum absolute atomic E-state index is 0.174. The average molecular weight is 275 g/mol. The molecule has 2 N–H and O–H groups in total. The van der Waals surface area contributed by atoms with Gasteiger partial charge in [0.15, 0.2) is 0 Å². The van der Waals surface area contributed by atoms with Crippen molar-refractivity contribution in [2.24, 2.45) is 5.92 Å². The van der Waals surface area contributed by atoms with E-state index in [1.54, 1.807) is 0 Å². The van der Waals surface area contributed by atoms with Crippen LogP contribution in [-0.4, -0.2) is 42.0 Å². The molecule has 1 fully saturated rings. The van der Waals surface area contributed by atoms with Gasteiger partial charge in [0.2, 0.25) is 0 Å². The topological polar surface area (TPSA) is 48.1 Å². The second-order valence-corrected chi connectivity index (χ2v) is 6.13. The van der Waals surface area contributed by atoms with Crippen molar-refractivity contribution in [3.63, 3.8) is 0 Å². The van der Waals surface area contributed by atoms with Gasteiger partial charge in [-0.25, -0.2) is 0 Å². The lowest BCUT2D eigenvalue weighted by Crippen LogP contribution is -2.46. The van der Waals surface area contributed by atoms with Crippen molar-refractivity contribution in [1.82, 2.24) is 15.2 Å². The van der Waals surface area contributed by atoms with Crippen LogP contribution in [0.15, 0.2) is 6.07 Å². The molecule has 4 heteroatoms. The SMILES string of the molecule is CCCC1CCc2[nH]c(C(=O)N3CCNCC3)cc2C1. The van der Waals surface area contributed by atoms with E-state index < -0.39 is 0 Å². The molecule has 1 atom stereocenters. The Balaban J connectivity index is 1.71. The van der Waals surface area contributed by atoms with Crippen molar-refractivity contribution in [3.8, 4) is 0 Å². The minimum atomic E-state index is 0.174. The first-order chi connectivity index (χ1) is 9.78. The van der Waals surface area contributed by atoms with Crippen LogP contribution in [0.1, 0.15) is 47.9 Å². The van der Waals surface area contributed by atoms with Crippen LogP contribution in [-0.2, 0) is 12.8 Å². The van der Waals surface area contributed by atoms with Crippen LogP contribution in [0.4, 0.5) is 0 Å². The van der Waals surface area contributed by atoms with Gasteiger partial charge >= 0.3 is 0 Å². The van der Waals surface area contributed by atoms with E-state index in [0.717, 1.165) is 50.6 Å². The Labute approximate surface area is 120 Å². The van der Waals surface area contributed by atoms with E-state index in [0.29, 0.717) is 0 Å². The summed E-state index contributed by atoms with van der Waals surface area (Å²) in [5.74, 6) is 0.985. The molecule has 0 spiro atoms. The molecule has 0 radical (unpaired) electrons. The fourth-order valence-electron chi connectivity index (χ4n) is 3.52. The molecule has 0 saturated carbocycles. The lowest BCUT2D eigenvalue weighted by Gasteiger charge is -2.26. The maximum atomic E-state index is 12.5. The zero-order valence-electron chi connectivity index (χ0n) is 12.4. The normalized spacial score (nSPS) is 22.6. The number of amides is 1. The third kappa shape index (κ3) is 2.75. The van der Waals surface area contributed by atoms with Gasteiger partial charge < -0.3 is 15.2 Å². The van der Waals surface area contributed by atoms with Crippen molar-refractivity contribution >= 4 is 5.91 Å². The molecular weight excluding hydrogens is 250 g/mol. The first-order valence-electron chi connectivity index (χ1n) is 7.98. The monoisotopic (exact) mass is 275 g/mol. The number of aryl methyl sites for hydroxylation is 1. The van der Waals surface area contributed by atoms with Crippen LogP contribution in [0.5, 0.6) is 0 Å². The summed E-state index contributed by atoms with van der Waals surface area (Å²) in [6, 6.07) is 2.11. The van der Waals surface area contributed by atoms with Crippen LogP contribution < -0.4 is 5.32 Å². The Hall–Kier alpha value is -1.29. The van der Waals surface area contributed by atoms with Gasteiger partial charge in [0.1, 0.15) is 5.69 Å². The number of fused-ring (bicyclic) bond motifs is 1. The smallest absolute Gasteiger partial charge is 0.270 e. The summed E-state index contributed by atoms with van der Waals surface area (Å²) in [4.78, 5) is 17.8. The second kappa shape index (κ2) is 6.00. The van der Waals surface area contributed by atoms with Gasteiger partial charge in [0.25, 0.3) is 5.91 Å². The van der Waals surface area contributed by atoms with Gasteiger partial charge in [-0.3, -0.25) is 4.79 Å². The molecule has 1 aromatic rings. The Morgan fingerprint density at radius 2 is 2.20 bits per heavy atom. The Bertz CT molecular complexity index is 474. The summed E-state index contributed by atoms with van der Waals surface area (Å²) >= 11 is 0. The molecule has 110 valence electrons. The number of piperazine rings is 1. The molecule has 1 aliphatic heterocycles. The van der Waals surface area contributed by atoms with Crippen LogP contribution in [0.25, 0.3) is 0 Å². The first kappa shape index (κ1) is 13.7. The van der Waals surface area contributed by atoms with Crippen molar-refractivity contribution in [2.45, 2.75) is 39.0 Å². The van der Waals surface area contributed by atoms with Crippen LogP contribution in [0.3, 0.4) is 0 Å². The molecule has 2 heterocycles. The number of hydrogen-bond acceptors (Lipinski definition) is 2. The van der Waals surface area contributed by atoms with E-state index in [9.17, 15) is 4.79 Å². The van der Waals surface area contributed by atoms with Crippen LogP contribution in [0, 0.1) is 5.92 Å². The quantitative estimate of drug-likeness (QED) is 0.886. The average Bonchev–Trinajstić information content (AvgIpc) is 2.91. The number of hydrogen-bond donors (Lipinski definition) is 2. The molecular formula is C16H25N3O. The lowest BCUT2D eigenvalue weighted by molar-refractivity contribution is 0.0730. The van der Waals surface area contributed by atoms with Gasteiger partial charge in [0, 0.05) is 31.9 Å². The number of aromatic nitrogens is 1. The number of carbonyl (C=O) groups excluding carboxylic acids is 1. The number of aromatic amines is 1. The highest BCUT2D eigenvalue weighted by molar-refractivity contribution is 5.93. The summed E-state index contributed by atoms with van der Waals surface area (Å²) in [7, 11) is 0. The molecule has 0 aromatic carbocycles. The molecule has 1 aliphatic carbocycles. The number of carbonyl (C=O) groups is 1. The Morgan fingerprint density at radius 1 is 1.40 bits per heavy atom. The fourth-order valence-corrected chi connectivity index (χ4v) is 3.52. The number of nitrogens with one attached hydrogen (secondary N) is 2. The third-order valence-corrected chi connectivity index (χ3v) is 4.63.